The van der Waals surface area contributed by atoms with Crippen LogP contribution in [0.5, 0.6) is 0 Å². The van der Waals surface area contributed by atoms with E-state index in [4.69, 9.17) is 0 Å². The Labute approximate surface area is 121 Å². The van der Waals surface area contributed by atoms with Crippen molar-refractivity contribution in [2.24, 2.45) is 0 Å². The standard InChI is InChI=1S/C13H17N5OS/c1-9(3-5-11-6-4-10(2)20-11)17-13-15-7-14-12(18-13)16-8-19/h4,6-9H,3,5H2,1-2H3,(H2,14,15,16,17,18,19). The highest BCUT2D eigenvalue weighted by Crippen LogP contribution is 2.18. The fourth-order valence-electron chi connectivity index (χ4n) is 1.76. The molecule has 0 saturated carbocycles. The van der Waals surface area contributed by atoms with Gasteiger partial charge in [-0.2, -0.15) is 4.98 Å². The maximum Gasteiger partial charge on any atom is 0.233 e. The first-order chi connectivity index (χ1) is 9.67. The molecule has 1 unspecified atom stereocenters. The van der Waals surface area contributed by atoms with Gasteiger partial charge in [-0.15, -0.1) is 11.3 Å². The van der Waals surface area contributed by atoms with Gasteiger partial charge in [0, 0.05) is 15.8 Å². The van der Waals surface area contributed by atoms with Crippen molar-refractivity contribution in [3.8, 4) is 0 Å². The lowest BCUT2D eigenvalue weighted by Crippen LogP contribution is -2.18. The molecule has 2 rings (SSSR count). The van der Waals surface area contributed by atoms with E-state index >= 15 is 0 Å². The molecule has 0 saturated heterocycles. The number of carbonyl (C=O) groups is 1. The Hall–Kier alpha value is -2.02. The minimum absolute atomic E-state index is 0.240. The second-order valence-electron chi connectivity index (χ2n) is 4.49. The number of carbonyl (C=O) groups excluding carboxylic acids is 1. The number of nitrogens with one attached hydrogen (secondary N) is 2. The molecule has 0 fully saturated rings. The van der Waals surface area contributed by atoms with Crippen molar-refractivity contribution in [2.45, 2.75) is 32.7 Å². The fraction of sp³-hybridized carbons (Fsp3) is 0.385. The SMILES string of the molecule is Cc1ccc(CCC(C)Nc2ncnc(NC=O)n2)s1. The van der Waals surface area contributed by atoms with E-state index in [-0.39, 0.29) is 12.0 Å². The molecule has 1 amide bonds. The van der Waals surface area contributed by atoms with Crippen molar-refractivity contribution in [3.05, 3.63) is 28.2 Å². The number of aromatic nitrogens is 3. The Morgan fingerprint density at radius 2 is 2.15 bits per heavy atom. The van der Waals surface area contributed by atoms with Gasteiger partial charge in [0.05, 0.1) is 0 Å². The number of hydrogen-bond donors (Lipinski definition) is 2. The first-order valence-electron chi connectivity index (χ1n) is 6.38. The molecular formula is C13H17N5OS. The van der Waals surface area contributed by atoms with Crippen LogP contribution >= 0.6 is 11.3 Å². The Kier molecular flexibility index (Phi) is 5.00. The predicted octanol–water partition coefficient (Wildman–Crippen LogP) is 2.24. The second kappa shape index (κ2) is 6.95. The molecule has 0 aliphatic rings. The van der Waals surface area contributed by atoms with Gasteiger partial charge in [-0.05, 0) is 38.8 Å². The molecule has 0 aromatic carbocycles. The molecule has 2 aromatic rings. The van der Waals surface area contributed by atoms with E-state index in [1.54, 1.807) is 0 Å². The number of anilines is 2. The van der Waals surface area contributed by atoms with Crippen LogP contribution in [0, 0.1) is 6.92 Å². The molecule has 6 nitrogen and oxygen atoms in total. The first kappa shape index (κ1) is 14.4. The Balaban J connectivity index is 1.85. The molecule has 0 spiro atoms. The molecule has 7 heteroatoms. The van der Waals surface area contributed by atoms with E-state index in [9.17, 15) is 4.79 Å². The van der Waals surface area contributed by atoms with E-state index in [0.717, 1.165) is 12.8 Å². The minimum Gasteiger partial charge on any atom is -0.352 e. The third-order valence-corrected chi connectivity index (χ3v) is 3.82. The minimum atomic E-state index is 0.240. The van der Waals surface area contributed by atoms with Crippen LogP contribution in [0.25, 0.3) is 0 Å². The van der Waals surface area contributed by atoms with Crippen LogP contribution in [-0.2, 0) is 11.2 Å². The topological polar surface area (TPSA) is 79.8 Å². The van der Waals surface area contributed by atoms with Crippen molar-refractivity contribution in [2.75, 3.05) is 10.6 Å². The molecular weight excluding hydrogens is 274 g/mol. The Morgan fingerprint density at radius 3 is 2.85 bits per heavy atom. The fourth-order valence-corrected chi connectivity index (χ4v) is 2.66. The molecule has 1 atom stereocenters. The molecule has 0 aliphatic heterocycles. The van der Waals surface area contributed by atoms with Crippen LogP contribution in [0.3, 0.4) is 0 Å². The highest BCUT2D eigenvalue weighted by atomic mass is 32.1. The summed E-state index contributed by atoms with van der Waals surface area (Å²) in [6, 6.07) is 4.55. The van der Waals surface area contributed by atoms with Gasteiger partial charge in [-0.1, -0.05) is 0 Å². The lowest BCUT2D eigenvalue weighted by molar-refractivity contribution is -0.105. The molecule has 0 radical (unpaired) electrons. The van der Waals surface area contributed by atoms with Crippen molar-refractivity contribution >= 4 is 29.6 Å². The number of aryl methyl sites for hydroxylation is 2. The maximum absolute atomic E-state index is 10.3. The first-order valence-corrected chi connectivity index (χ1v) is 7.20. The smallest absolute Gasteiger partial charge is 0.233 e. The van der Waals surface area contributed by atoms with Crippen molar-refractivity contribution < 1.29 is 4.79 Å². The molecule has 20 heavy (non-hydrogen) atoms. The molecule has 0 bridgehead atoms. The van der Waals surface area contributed by atoms with Gasteiger partial charge in [-0.25, -0.2) is 9.97 Å². The summed E-state index contributed by atoms with van der Waals surface area (Å²) in [5, 5.41) is 5.60. The number of amides is 1. The van der Waals surface area contributed by atoms with Gasteiger partial charge in [0.25, 0.3) is 0 Å². The Bertz CT molecular complexity index is 571. The molecule has 2 N–H and O–H groups in total. The van der Waals surface area contributed by atoms with Crippen molar-refractivity contribution in [3.63, 3.8) is 0 Å². The highest BCUT2D eigenvalue weighted by Gasteiger charge is 2.07. The van der Waals surface area contributed by atoms with E-state index in [0.29, 0.717) is 12.4 Å². The zero-order valence-electron chi connectivity index (χ0n) is 11.5. The quantitative estimate of drug-likeness (QED) is 0.765. The third kappa shape index (κ3) is 4.27. The lowest BCUT2D eigenvalue weighted by atomic mass is 10.1. The molecule has 2 aromatic heterocycles. The van der Waals surface area contributed by atoms with Crippen LogP contribution in [0.1, 0.15) is 23.1 Å². The zero-order valence-corrected chi connectivity index (χ0v) is 12.3. The van der Waals surface area contributed by atoms with Crippen LogP contribution < -0.4 is 10.6 Å². The van der Waals surface area contributed by atoms with Crippen LogP contribution in [0.4, 0.5) is 11.9 Å². The maximum atomic E-state index is 10.3. The summed E-state index contributed by atoms with van der Waals surface area (Å²) < 4.78 is 0. The summed E-state index contributed by atoms with van der Waals surface area (Å²) in [5.74, 6) is 0.720. The summed E-state index contributed by atoms with van der Waals surface area (Å²) in [6.45, 7) is 4.19. The summed E-state index contributed by atoms with van der Waals surface area (Å²) in [6.07, 6.45) is 3.93. The number of nitrogens with zero attached hydrogens (tertiary/aromatic N) is 3. The van der Waals surface area contributed by atoms with Gasteiger partial charge in [0.1, 0.15) is 6.33 Å². The van der Waals surface area contributed by atoms with Crippen LogP contribution in [0.2, 0.25) is 0 Å². The highest BCUT2D eigenvalue weighted by molar-refractivity contribution is 7.11. The third-order valence-electron chi connectivity index (χ3n) is 2.76. The van der Waals surface area contributed by atoms with E-state index in [2.05, 4.69) is 51.6 Å². The Morgan fingerprint density at radius 1 is 1.35 bits per heavy atom. The van der Waals surface area contributed by atoms with Crippen LogP contribution in [-0.4, -0.2) is 27.4 Å². The van der Waals surface area contributed by atoms with Crippen LogP contribution in [0.15, 0.2) is 18.5 Å². The summed E-state index contributed by atoms with van der Waals surface area (Å²) in [7, 11) is 0. The van der Waals surface area contributed by atoms with Gasteiger partial charge in [0.15, 0.2) is 0 Å². The lowest BCUT2D eigenvalue weighted by Gasteiger charge is -2.13. The van der Waals surface area contributed by atoms with E-state index in [1.807, 2.05) is 11.3 Å². The summed E-state index contributed by atoms with van der Waals surface area (Å²) in [4.78, 5) is 25.0. The summed E-state index contributed by atoms with van der Waals surface area (Å²) in [5.41, 5.74) is 0. The van der Waals surface area contributed by atoms with Crippen molar-refractivity contribution in [1.82, 2.24) is 15.0 Å². The van der Waals surface area contributed by atoms with Crippen molar-refractivity contribution in [1.29, 1.82) is 0 Å². The number of thiophene rings is 1. The average Bonchev–Trinajstić information content (AvgIpc) is 2.83. The normalized spacial score (nSPS) is 11.9. The van der Waals surface area contributed by atoms with Gasteiger partial charge < -0.3 is 5.32 Å². The number of hydrogen-bond acceptors (Lipinski definition) is 6. The second-order valence-corrected chi connectivity index (χ2v) is 5.86. The molecule has 0 aliphatic carbocycles. The van der Waals surface area contributed by atoms with Gasteiger partial charge in [0.2, 0.25) is 18.3 Å². The molecule has 2 heterocycles. The molecule has 106 valence electrons. The van der Waals surface area contributed by atoms with E-state index < -0.39 is 0 Å². The number of rotatable bonds is 7. The largest absolute Gasteiger partial charge is 0.352 e. The average molecular weight is 291 g/mol. The summed E-state index contributed by atoms with van der Waals surface area (Å²) >= 11 is 1.83. The van der Waals surface area contributed by atoms with Gasteiger partial charge in [-0.3, -0.25) is 10.1 Å². The monoisotopic (exact) mass is 291 g/mol. The van der Waals surface area contributed by atoms with E-state index in [1.165, 1.54) is 16.1 Å². The zero-order chi connectivity index (χ0) is 14.4. The van der Waals surface area contributed by atoms with Gasteiger partial charge >= 0.3 is 0 Å². The predicted molar refractivity (Wildman–Crippen MR) is 80.0 cm³/mol.